The van der Waals surface area contributed by atoms with Crippen molar-refractivity contribution in [3.8, 4) is 5.75 Å². The van der Waals surface area contributed by atoms with Gasteiger partial charge in [-0.2, -0.15) is 0 Å². The molecule has 0 saturated carbocycles. The molecule has 0 fully saturated rings. The smallest absolute Gasteiger partial charge is 0.329 e. The van der Waals surface area contributed by atoms with Crippen LogP contribution in [0.1, 0.15) is 10.4 Å². The molecular weight excluding hydrogens is 238 g/mol. The van der Waals surface area contributed by atoms with E-state index in [2.05, 4.69) is 5.32 Å². The van der Waals surface area contributed by atoms with Gasteiger partial charge in [0.05, 0.1) is 19.3 Å². The van der Waals surface area contributed by atoms with Gasteiger partial charge in [0.25, 0.3) is 5.91 Å². The van der Waals surface area contributed by atoms with Gasteiger partial charge in [0.15, 0.2) is 0 Å². The molecule has 0 aliphatic rings. The van der Waals surface area contributed by atoms with Crippen LogP contribution in [0.15, 0.2) is 24.3 Å². The van der Waals surface area contributed by atoms with Gasteiger partial charge in [0.1, 0.15) is 12.4 Å². The first kappa shape index (κ1) is 14.0. The number of carboxylic acid groups (broad SMARTS) is 1. The summed E-state index contributed by atoms with van der Waals surface area (Å²) >= 11 is 0. The highest BCUT2D eigenvalue weighted by Gasteiger charge is 2.10. The van der Waals surface area contributed by atoms with Crippen molar-refractivity contribution >= 4 is 11.9 Å². The zero-order valence-electron chi connectivity index (χ0n) is 10.0. The van der Waals surface area contributed by atoms with Crippen LogP contribution in [0.25, 0.3) is 0 Å². The Kier molecular flexibility index (Phi) is 5.66. The molecule has 6 heteroatoms. The van der Waals surface area contributed by atoms with Gasteiger partial charge in [-0.05, 0) is 12.1 Å². The molecular formula is C12H15NO5. The van der Waals surface area contributed by atoms with Crippen LogP contribution < -0.4 is 10.1 Å². The monoisotopic (exact) mass is 253 g/mol. The van der Waals surface area contributed by atoms with E-state index in [1.54, 1.807) is 24.3 Å². The first-order valence-electron chi connectivity index (χ1n) is 5.36. The van der Waals surface area contributed by atoms with Crippen molar-refractivity contribution < 1.29 is 24.2 Å². The van der Waals surface area contributed by atoms with E-state index in [-0.39, 0.29) is 25.7 Å². The average Bonchev–Trinajstić information content (AvgIpc) is 2.37. The molecule has 0 atom stereocenters. The van der Waals surface area contributed by atoms with Gasteiger partial charge in [-0.25, -0.2) is 4.79 Å². The second kappa shape index (κ2) is 7.29. The predicted octanol–water partition coefficient (Wildman–Crippen LogP) is 0.526. The molecule has 0 heterocycles. The maximum atomic E-state index is 11.8. The topological polar surface area (TPSA) is 84.9 Å². The van der Waals surface area contributed by atoms with E-state index in [1.165, 1.54) is 7.11 Å². The van der Waals surface area contributed by atoms with E-state index in [4.69, 9.17) is 14.6 Å². The van der Waals surface area contributed by atoms with Crippen molar-refractivity contribution in [2.45, 2.75) is 0 Å². The molecule has 0 saturated heterocycles. The summed E-state index contributed by atoms with van der Waals surface area (Å²) in [5.74, 6) is -0.834. The van der Waals surface area contributed by atoms with E-state index in [0.29, 0.717) is 11.3 Å². The van der Waals surface area contributed by atoms with Crippen molar-refractivity contribution in [1.29, 1.82) is 0 Å². The summed E-state index contributed by atoms with van der Waals surface area (Å²) in [5.41, 5.74) is 0.429. The number of rotatable bonds is 7. The number of aliphatic carboxylic acids is 1. The Morgan fingerprint density at radius 3 is 2.72 bits per heavy atom. The van der Waals surface area contributed by atoms with Crippen LogP contribution in [0.2, 0.25) is 0 Å². The number of carbonyl (C=O) groups is 2. The summed E-state index contributed by atoms with van der Waals surface area (Å²) in [6.07, 6.45) is 0. The highest BCUT2D eigenvalue weighted by molar-refractivity contribution is 5.96. The molecule has 0 aliphatic carbocycles. The quantitative estimate of drug-likeness (QED) is 0.692. The highest BCUT2D eigenvalue weighted by atomic mass is 16.5. The molecule has 1 aromatic rings. The Morgan fingerprint density at radius 2 is 2.06 bits per heavy atom. The lowest BCUT2D eigenvalue weighted by Gasteiger charge is -2.08. The second-order valence-corrected chi connectivity index (χ2v) is 3.40. The zero-order chi connectivity index (χ0) is 13.4. The molecule has 2 N–H and O–H groups in total. The van der Waals surface area contributed by atoms with Gasteiger partial charge in [-0.1, -0.05) is 12.1 Å². The number of ether oxygens (including phenoxy) is 2. The molecule has 1 amide bonds. The highest BCUT2D eigenvalue weighted by Crippen LogP contribution is 2.16. The second-order valence-electron chi connectivity index (χ2n) is 3.40. The third kappa shape index (κ3) is 4.42. The minimum absolute atomic E-state index is 0.146. The first-order valence-corrected chi connectivity index (χ1v) is 5.36. The molecule has 6 nitrogen and oxygen atoms in total. The third-order valence-electron chi connectivity index (χ3n) is 2.11. The van der Waals surface area contributed by atoms with Crippen LogP contribution in [-0.2, 0) is 9.53 Å². The molecule has 98 valence electrons. The first-order chi connectivity index (χ1) is 8.65. The van der Waals surface area contributed by atoms with Gasteiger partial charge in [-0.3, -0.25) is 4.79 Å². The molecule has 0 aromatic heterocycles. The SMILES string of the molecule is COc1ccccc1C(=O)NCCOCC(=O)O. The maximum Gasteiger partial charge on any atom is 0.329 e. The molecule has 0 unspecified atom stereocenters. The standard InChI is InChI=1S/C12H15NO5/c1-17-10-5-3-2-4-9(10)12(16)13-6-7-18-8-11(14)15/h2-5H,6-8H2,1H3,(H,13,16)(H,14,15). The number of carboxylic acids is 1. The predicted molar refractivity (Wildman–Crippen MR) is 63.8 cm³/mol. The summed E-state index contributed by atoms with van der Waals surface area (Å²) in [7, 11) is 1.49. The van der Waals surface area contributed by atoms with Gasteiger partial charge in [-0.15, -0.1) is 0 Å². The molecule has 0 aliphatic heterocycles. The van der Waals surface area contributed by atoms with Crippen molar-refractivity contribution in [1.82, 2.24) is 5.32 Å². The van der Waals surface area contributed by atoms with Gasteiger partial charge in [0, 0.05) is 6.54 Å². The van der Waals surface area contributed by atoms with E-state index in [0.717, 1.165) is 0 Å². The van der Waals surface area contributed by atoms with Crippen LogP contribution >= 0.6 is 0 Å². The van der Waals surface area contributed by atoms with E-state index in [1.807, 2.05) is 0 Å². The number of nitrogens with one attached hydrogen (secondary N) is 1. The summed E-state index contributed by atoms with van der Waals surface area (Å²) in [6, 6.07) is 6.84. The van der Waals surface area contributed by atoms with Gasteiger partial charge < -0.3 is 19.9 Å². The minimum Gasteiger partial charge on any atom is -0.496 e. The Balaban J connectivity index is 2.38. The number of carbonyl (C=O) groups excluding carboxylic acids is 1. The summed E-state index contributed by atoms with van der Waals surface area (Å²) in [6.45, 7) is 0.0158. The number of amides is 1. The average molecular weight is 253 g/mol. The fraction of sp³-hybridized carbons (Fsp3) is 0.333. The van der Waals surface area contributed by atoms with Crippen LogP contribution in [0.4, 0.5) is 0 Å². The Labute approximate surface area is 105 Å². The van der Waals surface area contributed by atoms with Crippen LogP contribution in [0, 0.1) is 0 Å². The molecule has 18 heavy (non-hydrogen) atoms. The largest absolute Gasteiger partial charge is 0.496 e. The molecule has 0 radical (unpaired) electrons. The number of para-hydroxylation sites is 1. The Hall–Kier alpha value is -2.08. The lowest BCUT2D eigenvalue weighted by atomic mass is 10.2. The third-order valence-corrected chi connectivity index (χ3v) is 2.11. The summed E-state index contributed by atoms with van der Waals surface area (Å²) in [4.78, 5) is 21.9. The van der Waals surface area contributed by atoms with Crippen molar-refractivity contribution in [3.63, 3.8) is 0 Å². The lowest BCUT2D eigenvalue weighted by molar-refractivity contribution is -0.142. The van der Waals surface area contributed by atoms with E-state index < -0.39 is 5.97 Å². The molecule has 0 bridgehead atoms. The molecule has 0 spiro atoms. The van der Waals surface area contributed by atoms with Gasteiger partial charge >= 0.3 is 5.97 Å². The van der Waals surface area contributed by atoms with Crippen molar-refractivity contribution in [3.05, 3.63) is 29.8 Å². The lowest BCUT2D eigenvalue weighted by Crippen LogP contribution is -2.28. The van der Waals surface area contributed by atoms with Crippen LogP contribution in [0.5, 0.6) is 5.75 Å². The maximum absolute atomic E-state index is 11.8. The van der Waals surface area contributed by atoms with Crippen LogP contribution in [-0.4, -0.2) is 43.9 Å². The fourth-order valence-corrected chi connectivity index (χ4v) is 1.32. The fourth-order valence-electron chi connectivity index (χ4n) is 1.32. The summed E-state index contributed by atoms with van der Waals surface area (Å²) in [5, 5.41) is 10.9. The van der Waals surface area contributed by atoms with Crippen molar-refractivity contribution in [2.24, 2.45) is 0 Å². The zero-order valence-corrected chi connectivity index (χ0v) is 10.0. The molecule has 1 aromatic carbocycles. The van der Waals surface area contributed by atoms with Crippen LogP contribution in [0.3, 0.4) is 0 Å². The normalized spacial score (nSPS) is 9.83. The minimum atomic E-state index is -1.04. The number of hydrogen-bond acceptors (Lipinski definition) is 4. The Bertz CT molecular complexity index is 419. The number of benzene rings is 1. The molecule has 1 rings (SSSR count). The van der Waals surface area contributed by atoms with E-state index in [9.17, 15) is 9.59 Å². The number of hydrogen-bond donors (Lipinski definition) is 2. The van der Waals surface area contributed by atoms with Crippen molar-refractivity contribution in [2.75, 3.05) is 26.9 Å². The van der Waals surface area contributed by atoms with E-state index >= 15 is 0 Å². The number of methoxy groups -OCH3 is 1. The summed E-state index contributed by atoms with van der Waals surface area (Å²) < 4.78 is 9.85. The van der Waals surface area contributed by atoms with Gasteiger partial charge in [0.2, 0.25) is 0 Å². The Morgan fingerprint density at radius 1 is 1.33 bits per heavy atom.